The summed E-state index contributed by atoms with van der Waals surface area (Å²) in [4.78, 5) is 15.0. The van der Waals surface area contributed by atoms with Gasteiger partial charge in [0, 0.05) is 24.3 Å². The van der Waals surface area contributed by atoms with Crippen molar-refractivity contribution in [3.8, 4) is 17.2 Å². The minimum absolute atomic E-state index is 0.187. The molecule has 2 aromatic rings. The lowest BCUT2D eigenvalue weighted by Crippen LogP contribution is -2.18. The number of anilines is 2. The van der Waals surface area contributed by atoms with Crippen LogP contribution in [0, 0.1) is 0 Å². The molecule has 2 aromatic carbocycles. The molecule has 4 rings (SSSR count). The molecule has 0 aromatic heterocycles. The van der Waals surface area contributed by atoms with Crippen LogP contribution in [-0.2, 0) is 0 Å². The van der Waals surface area contributed by atoms with E-state index in [0.717, 1.165) is 18.8 Å². The Hall–Kier alpha value is -2.89. The second-order valence-electron chi connectivity index (χ2n) is 6.10. The summed E-state index contributed by atoms with van der Waals surface area (Å²) in [5, 5.41) is 2.95. The summed E-state index contributed by atoms with van der Waals surface area (Å²) in [6.45, 7) is 2.27. The lowest BCUT2D eigenvalue weighted by atomic mass is 10.1. The van der Waals surface area contributed by atoms with Crippen LogP contribution in [0.5, 0.6) is 17.2 Å². The summed E-state index contributed by atoms with van der Waals surface area (Å²) >= 11 is 0. The van der Waals surface area contributed by atoms with Crippen molar-refractivity contribution in [3.63, 3.8) is 0 Å². The SMILES string of the molecule is COc1ccc(N2CCCC2)cc1NC(=O)c1ccc2c(c1)OCO2. The fourth-order valence-electron chi connectivity index (χ4n) is 3.20. The molecule has 6 nitrogen and oxygen atoms in total. The first-order chi connectivity index (χ1) is 12.2. The van der Waals surface area contributed by atoms with Gasteiger partial charge in [0.15, 0.2) is 11.5 Å². The largest absolute Gasteiger partial charge is 0.495 e. The van der Waals surface area contributed by atoms with Gasteiger partial charge in [-0.1, -0.05) is 0 Å². The van der Waals surface area contributed by atoms with Crippen LogP contribution in [0.3, 0.4) is 0 Å². The fraction of sp³-hybridized carbons (Fsp3) is 0.316. The van der Waals surface area contributed by atoms with Crippen molar-refractivity contribution in [1.29, 1.82) is 0 Å². The van der Waals surface area contributed by atoms with Gasteiger partial charge in [0.05, 0.1) is 12.8 Å². The molecule has 0 radical (unpaired) electrons. The summed E-state index contributed by atoms with van der Waals surface area (Å²) in [6, 6.07) is 11.0. The number of rotatable bonds is 4. The molecule has 130 valence electrons. The average molecular weight is 340 g/mol. The summed E-state index contributed by atoms with van der Waals surface area (Å²) in [5.74, 6) is 1.67. The van der Waals surface area contributed by atoms with Crippen LogP contribution in [0.15, 0.2) is 36.4 Å². The highest BCUT2D eigenvalue weighted by molar-refractivity contribution is 6.05. The highest BCUT2D eigenvalue weighted by atomic mass is 16.7. The Morgan fingerprint density at radius 1 is 1.08 bits per heavy atom. The quantitative estimate of drug-likeness (QED) is 0.925. The minimum Gasteiger partial charge on any atom is -0.495 e. The van der Waals surface area contributed by atoms with Gasteiger partial charge in [-0.25, -0.2) is 0 Å². The van der Waals surface area contributed by atoms with E-state index in [2.05, 4.69) is 10.2 Å². The first-order valence-corrected chi connectivity index (χ1v) is 8.38. The minimum atomic E-state index is -0.213. The van der Waals surface area contributed by atoms with Gasteiger partial charge in [0.1, 0.15) is 5.75 Å². The number of carbonyl (C=O) groups is 1. The van der Waals surface area contributed by atoms with E-state index in [0.29, 0.717) is 28.5 Å². The van der Waals surface area contributed by atoms with Crippen LogP contribution < -0.4 is 24.4 Å². The number of fused-ring (bicyclic) bond motifs is 1. The molecular formula is C19H20N2O4. The van der Waals surface area contributed by atoms with E-state index in [1.54, 1.807) is 25.3 Å². The number of methoxy groups -OCH3 is 1. The van der Waals surface area contributed by atoms with Gasteiger partial charge in [-0.3, -0.25) is 4.79 Å². The standard InChI is InChI=1S/C19H20N2O4/c1-23-16-7-5-14(21-8-2-3-9-21)11-15(16)20-19(22)13-4-6-17-18(10-13)25-12-24-17/h4-7,10-11H,2-3,8-9,12H2,1H3,(H,20,22). The molecule has 6 heteroatoms. The molecule has 1 saturated heterocycles. The fourth-order valence-corrected chi connectivity index (χ4v) is 3.20. The predicted octanol–water partition coefficient (Wildman–Crippen LogP) is 3.28. The van der Waals surface area contributed by atoms with E-state index < -0.39 is 0 Å². The summed E-state index contributed by atoms with van der Waals surface area (Å²) in [7, 11) is 1.60. The van der Waals surface area contributed by atoms with Gasteiger partial charge >= 0.3 is 0 Å². The molecule has 0 unspecified atom stereocenters. The number of amides is 1. The van der Waals surface area contributed by atoms with Gasteiger partial charge < -0.3 is 24.4 Å². The molecule has 0 spiro atoms. The Balaban J connectivity index is 1.58. The van der Waals surface area contributed by atoms with Gasteiger partial charge in [-0.05, 0) is 49.2 Å². The molecule has 1 amide bonds. The van der Waals surface area contributed by atoms with Crippen LogP contribution in [-0.4, -0.2) is 32.9 Å². The van der Waals surface area contributed by atoms with E-state index in [1.807, 2.05) is 18.2 Å². The van der Waals surface area contributed by atoms with Gasteiger partial charge in [-0.2, -0.15) is 0 Å². The summed E-state index contributed by atoms with van der Waals surface area (Å²) in [6.07, 6.45) is 2.40. The zero-order chi connectivity index (χ0) is 17.2. The molecule has 2 aliphatic heterocycles. The second-order valence-corrected chi connectivity index (χ2v) is 6.10. The van der Waals surface area contributed by atoms with Crippen molar-refractivity contribution in [1.82, 2.24) is 0 Å². The van der Waals surface area contributed by atoms with E-state index in [-0.39, 0.29) is 12.7 Å². The van der Waals surface area contributed by atoms with Crippen LogP contribution in [0.4, 0.5) is 11.4 Å². The number of carbonyl (C=O) groups excluding carboxylic acids is 1. The maximum atomic E-state index is 12.6. The molecule has 2 heterocycles. The summed E-state index contributed by atoms with van der Waals surface area (Å²) < 4.78 is 16.0. The smallest absolute Gasteiger partial charge is 0.255 e. The average Bonchev–Trinajstić information content (AvgIpc) is 3.32. The molecule has 1 fully saturated rings. The second kappa shape index (κ2) is 6.55. The third kappa shape index (κ3) is 3.07. The number of hydrogen-bond donors (Lipinski definition) is 1. The molecule has 0 atom stereocenters. The lowest BCUT2D eigenvalue weighted by Gasteiger charge is -2.20. The predicted molar refractivity (Wildman–Crippen MR) is 95.0 cm³/mol. The monoisotopic (exact) mass is 340 g/mol. The van der Waals surface area contributed by atoms with Gasteiger partial charge in [0.2, 0.25) is 6.79 Å². The number of ether oxygens (including phenoxy) is 3. The number of nitrogens with zero attached hydrogens (tertiary/aromatic N) is 1. The van der Waals surface area contributed by atoms with E-state index >= 15 is 0 Å². The number of hydrogen-bond acceptors (Lipinski definition) is 5. The van der Waals surface area contributed by atoms with Crippen molar-refractivity contribution in [3.05, 3.63) is 42.0 Å². The summed E-state index contributed by atoms with van der Waals surface area (Å²) in [5.41, 5.74) is 2.27. The molecule has 0 saturated carbocycles. The van der Waals surface area contributed by atoms with Gasteiger partial charge in [-0.15, -0.1) is 0 Å². The normalized spacial score (nSPS) is 15.3. The highest BCUT2D eigenvalue weighted by Gasteiger charge is 2.18. The lowest BCUT2D eigenvalue weighted by molar-refractivity contribution is 0.102. The molecule has 2 aliphatic rings. The third-order valence-electron chi connectivity index (χ3n) is 4.54. The maximum Gasteiger partial charge on any atom is 0.255 e. The van der Waals surface area contributed by atoms with Crippen LogP contribution in [0.25, 0.3) is 0 Å². The molecule has 25 heavy (non-hydrogen) atoms. The van der Waals surface area contributed by atoms with E-state index in [1.165, 1.54) is 12.8 Å². The van der Waals surface area contributed by atoms with Crippen molar-refractivity contribution in [2.45, 2.75) is 12.8 Å². The highest BCUT2D eigenvalue weighted by Crippen LogP contribution is 2.34. The van der Waals surface area contributed by atoms with E-state index in [9.17, 15) is 4.79 Å². The van der Waals surface area contributed by atoms with Crippen molar-refractivity contribution in [2.75, 3.05) is 37.2 Å². The first kappa shape index (κ1) is 15.6. The van der Waals surface area contributed by atoms with Crippen molar-refractivity contribution >= 4 is 17.3 Å². The molecular weight excluding hydrogens is 320 g/mol. The number of benzene rings is 2. The third-order valence-corrected chi connectivity index (χ3v) is 4.54. The van der Waals surface area contributed by atoms with Gasteiger partial charge in [0.25, 0.3) is 5.91 Å². The van der Waals surface area contributed by atoms with E-state index in [4.69, 9.17) is 14.2 Å². The zero-order valence-electron chi connectivity index (χ0n) is 14.1. The Morgan fingerprint density at radius 2 is 1.88 bits per heavy atom. The Kier molecular flexibility index (Phi) is 4.09. The number of nitrogens with one attached hydrogen (secondary N) is 1. The zero-order valence-corrected chi connectivity index (χ0v) is 14.1. The van der Waals surface area contributed by atoms with Crippen molar-refractivity contribution < 1.29 is 19.0 Å². The van der Waals surface area contributed by atoms with Crippen LogP contribution >= 0.6 is 0 Å². The molecule has 0 bridgehead atoms. The maximum absolute atomic E-state index is 12.6. The topological polar surface area (TPSA) is 60.0 Å². The van der Waals surface area contributed by atoms with Crippen LogP contribution in [0.1, 0.15) is 23.2 Å². The Labute approximate surface area is 146 Å². The Morgan fingerprint density at radius 3 is 2.68 bits per heavy atom. The molecule has 0 aliphatic carbocycles. The first-order valence-electron chi connectivity index (χ1n) is 8.38. The van der Waals surface area contributed by atoms with Crippen molar-refractivity contribution in [2.24, 2.45) is 0 Å². The molecule has 1 N–H and O–H groups in total. The Bertz CT molecular complexity index is 800. The van der Waals surface area contributed by atoms with Crippen LogP contribution in [0.2, 0.25) is 0 Å².